The summed E-state index contributed by atoms with van der Waals surface area (Å²) in [5, 5.41) is 8.99. The van der Waals surface area contributed by atoms with Gasteiger partial charge < -0.3 is 14.6 Å². The highest BCUT2D eigenvalue weighted by molar-refractivity contribution is 5.87. The van der Waals surface area contributed by atoms with E-state index in [-0.39, 0.29) is 24.9 Å². The van der Waals surface area contributed by atoms with E-state index in [2.05, 4.69) is 48.1 Å². The molecule has 0 heterocycles. The smallest absolute Gasteiger partial charge is 0.335 e. The number of fused-ring (bicyclic) bond motifs is 3. The highest BCUT2D eigenvalue weighted by Gasteiger charge is 2.54. The molecule has 3 aliphatic carbocycles. The second kappa shape index (κ2) is 13.5. The molecule has 3 rings (SSSR count). The molecule has 0 amide bonds. The Morgan fingerprint density at radius 3 is 2.49 bits per heavy atom. The molecule has 37 heavy (non-hydrogen) atoms. The summed E-state index contributed by atoms with van der Waals surface area (Å²) in [4.78, 5) is 11.7. The molecule has 0 saturated heterocycles. The van der Waals surface area contributed by atoms with Crippen LogP contribution in [0.25, 0.3) is 0 Å². The molecular formula is C33H58O4. The summed E-state index contributed by atoms with van der Waals surface area (Å²) in [6.07, 6.45) is 16.3. The summed E-state index contributed by atoms with van der Waals surface area (Å²) < 4.78 is 11.3. The van der Waals surface area contributed by atoms with Crippen LogP contribution in [-0.4, -0.2) is 37.0 Å². The number of ether oxygens (including phenoxy) is 2. The van der Waals surface area contributed by atoms with Gasteiger partial charge in [0.1, 0.15) is 6.61 Å². The molecule has 0 aromatic rings. The molecule has 7 unspecified atom stereocenters. The molecule has 0 aromatic carbocycles. The van der Waals surface area contributed by atoms with E-state index in [1.54, 1.807) is 0 Å². The molecule has 0 spiro atoms. The van der Waals surface area contributed by atoms with Crippen LogP contribution in [0.3, 0.4) is 0 Å². The highest BCUT2D eigenvalue weighted by atomic mass is 16.6. The number of esters is 1. The molecule has 3 fully saturated rings. The molecule has 0 aliphatic heterocycles. The van der Waals surface area contributed by atoms with Gasteiger partial charge in [-0.3, -0.25) is 0 Å². The van der Waals surface area contributed by atoms with Crippen LogP contribution in [0.5, 0.6) is 0 Å². The Balaban J connectivity index is 1.52. The summed E-state index contributed by atoms with van der Waals surface area (Å²) >= 11 is 0. The number of carbonyl (C=O) groups excluding carboxylic acids is 1. The van der Waals surface area contributed by atoms with Crippen molar-refractivity contribution >= 4 is 5.97 Å². The Morgan fingerprint density at radius 1 is 1.05 bits per heavy atom. The Bertz CT molecular complexity index is 747. The van der Waals surface area contributed by atoms with Gasteiger partial charge in [0.2, 0.25) is 0 Å². The Labute approximate surface area is 228 Å². The zero-order valence-electron chi connectivity index (χ0n) is 25.0. The van der Waals surface area contributed by atoms with Crippen LogP contribution in [0, 0.1) is 46.3 Å². The fourth-order valence-electron chi connectivity index (χ4n) is 9.10. The minimum absolute atomic E-state index is 0.0969. The first-order valence-electron chi connectivity index (χ1n) is 15.6. The maximum Gasteiger partial charge on any atom is 0.335 e. The average Bonchev–Trinajstić information content (AvgIpc) is 2.85. The molecule has 3 saturated carbocycles. The van der Waals surface area contributed by atoms with Crippen molar-refractivity contribution in [2.45, 2.75) is 125 Å². The van der Waals surface area contributed by atoms with Gasteiger partial charge in [-0.2, -0.15) is 0 Å². The van der Waals surface area contributed by atoms with Gasteiger partial charge in [-0.25, -0.2) is 4.79 Å². The molecule has 0 aromatic heterocycles. The van der Waals surface area contributed by atoms with Crippen molar-refractivity contribution in [3.63, 3.8) is 0 Å². The number of hydrogen-bond donors (Lipinski definition) is 1. The third-order valence-corrected chi connectivity index (χ3v) is 11.2. The van der Waals surface area contributed by atoms with E-state index in [0.29, 0.717) is 17.4 Å². The van der Waals surface area contributed by atoms with Crippen molar-refractivity contribution in [1.29, 1.82) is 0 Å². The van der Waals surface area contributed by atoms with Crippen molar-refractivity contribution in [2.75, 3.05) is 19.8 Å². The van der Waals surface area contributed by atoms with Crippen molar-refractivity contribution in [2.24, 2.45) is 46.3 Å². The van der Waals surface area contributed by atoms with Gasteiger partial charge in [0, 0.05) is 0 Å². The Morgan fingerprint density at radius 2 is 1.81 bits per heavy atom. The zero-order valence-corrected chi connectivity index (χ0v) is 25.0. The van der Waals surface area contributed by atoms with Crippen molar-refractivity contribution in [3.05, 3.63) is 12.2 Å². The number of hydrogen-bond acceptors (Lipinski definition) is 4. The number of rotatable bonds is 13. The van der Waals surface area contributed by atoms with Crippen LogP contribution < -0.4 is 0 Å². The lowest BCUT2D eigenvalue weighted by molar-refractivity contribution is -0.144. The van der Waals surface area contributed by atoms with Crippen LogP contribution in [-0.2, 0) is 14.3 Å². The molecule has 3 aliphatic rings. The lowest BCUT2D eigenvalue weighted by atomic mass is 9.46. The van der Waals surface area contributed by atoms with Crippen LogP contribution in [0.2, 0.25) is 0 Å². The average molecular weight is 519 g/mol. The first kappa shape index (κ1) is 30.7. The van der Waals surface area contributed by atoms with Crippen LogP contribution in [0.4, 0.5) is 0 Å². The fraction of sp³-hybridized carbons (Fsp3) is 0.909. The van der Waals surface area contributed by atoms with Gasteiger partial charge in [-0.15, -0.1) is 0 Å². The summed E-state index contributed by atoms with van der Waals surface area (Å²) in [5.41, 5.74) is 1.06. The summed E-state index contributed by atoms with van der Waals surface area (Å²) in [7, 11) is 0. The van der Waals surface area contributed by atoms with E-state index >= 15 is 0 Å². The van der Waals surface area contributed by atoms with E-state index in [1.807, 2.05) is 0 Å². The lowest BCUT2D eigenvalue weighted by Crippen LogP contribution is -2.52. The topological polar surface area (TPSA) is 55.8 Å². The van der Waals surface area contributed by atoms with Crippen molar-refractivity contribution in [3.8, 4) is 0 Å². The summed E-state index contributed by atoms with van der Waals surface area (Å²) in [6.45, 7) is 18.8. The monoisotopic (exact) mass is 518 g/mol. The van der Waals surface area contributed by atoms with E-state index in [4.69, 9.17) is 14.6 Å². The third kappa shape index (κ3) is 7.41. The molecular weight excluding hydrogens is 460 g/mol. The molecule has 214 valence electrons. The SMILES string of the molecule is C=C(CO)C(=O)OCCOC1CCC2(C)C(CCC3CC(C)(C(CC)[C@H](C)CCCC(C)C)CCC32)C1. The van der Waals surface area contributed by atoms with Gasteiger partial charge >= 0.3 is 5.97 Å². The maximum atomic E-state index is 11.7. The molecule has 0 radical (unpaired) electrons. The van der Waals surface area contributed by atoms with Gasteiger partial charge in [0.25, 0.3) is 0 Å². The first-order valence-corrected chi connectivity index (χ1v) is 15.6. The first-order chi connectivity index (χ1) is 17.5. The van der Waals surface area contributed by atoms with E-state index in [1.165, 1.54) is 64.2 Å². The normalized spacial score (nSPS) is 35.4. The number of aliphatic hydroxyl groups is 1. The van der Waals surface area contributed by atoms with E-state index in [9.17, 15) is 4.79 Å². The zero-order chi connectivity index (χ0) is 27.2. The van der Waals surface area contributed by atoms with Crippen molar-refractivity contribution < 1.29 is 19.4 Å². The Kier molecular flexibility index (Phi) is 11.2. The highest BCUT2D eigenvalue weighted by Crippen LogP contribution is 2.63. The van der Waals surface area contributed by atoms with Gasteiger partial charge in [0.05, 0.1) is 24.9 Å². The standard InChI is InChI=1S/C33H58O4/c1-8-29(24(4)11-9-10-23(2)3)32(6)16-15-30-26(21-32)12-13-27-20-28(14-17-33(27,30)7)36-18-19-37-31(35)25(5)22-34/h23-24,26-30,34H,5,8-22H2,1-4,6-7H3/t24-,26?,27?,28?,29?,30?,32?,33?/m1/s1. The van der Waals surface area contributed by atoms with Crippen LogP contribution in [0.1, 0.15) is 119 Å². The van der Waals surface area contributed by atoms with Gasteiger partial charge in [0.15, 0.2) is 0 Å². The van der Waals surface area contributed by atoms with Gasteiger partial charge in [-0.05, 0) is 97.7 Å². The lowest BCUT2D eigenvalue weighted by Gasteiger charge is -2.60. The maximum absolute atomic E-state index is 11.7. The minimum atomic E-state index is -0.528. The van der Waals surface area contributed by atoms with Crippen molar-refractivity contribution in [1.82, 2.24) is 0 Å². The minimum Gasteiger partial charge on any atom is -0.460 e. The third-order valence-electron chi connectivity index (χ3n) is 11.2. The summed E-state index contributed by atoms with van der Waals surface area (Å²) in [6, 6.07) is 0. The molecule has 8 atom stereocenters. The van der Waals surface area contributed by atoms with E-state index < -0.39 is 5.97 Å². The molecule has 4 heteroatoms. The number of carbonyl (C=O) groups is 1. The molecule has 4 nitrogen and oxygen atoms in total. The summed E-state index contributed by atoms with van der Waals surface area (Å²) in [5.74, 6) is 4.52. The van der Waals surface area contributed by atoms with E-state index in [0.717, 1.165) is 48.3 Å². The Hall–Kier alpha value is -0.870. The second-order valence-electron chi connectivity index (χ2n) is 14.0. The second-order valence-corrected chi connectivity index (χ2v) is 14.0. The fourth-order valence-corrected chi connectivity index (χ4v) is 9.10. The van der Waals surface area contributed by atoms with Gasteiger partial charge in [-0.1, -0.05) is 73.8 Å². The molecule has 1 N–H and O–H groups in total. The van der Waals surface area contributed by atoms with Crippen LogP contribution >= 0.6 is 0 Å². The van der Waals surface area contributed by atoms with Crippen LogP contribution in [0.15, 0.2) is 12.2 Å². The quantitative estimate of drug-likeness (QED) is 0.153. The predicted molar refractivity (Wildman–Crippen MR) is 152 cm³/mol. The largest absolute Gasteiger partial charge is 0.460 e. The number of aliphatic hydroxyl groups excluding tert-OH is 1. The molecule has 0 bridgehead atoms. The predicted octanol–water partition coefficient (Wildman–Crippen LogP) is 7.97.